The number of amides is 1. The predicted octanol–water partition coefficient (Wildman–Crippen LogP) is 4.02. The van der Waals surface area contributed by atoms with Crippen LogP contribution in [0.4, 0.5) is 0 Å². The summed E-state index contributed by atoms with van der Waals surface area (Å²) in [6.45, 7) is 9.22. The van der Waals surface area contributed by atoms with Gasteiger partial charge in [0.05, 0.1) is 16.9 Å². The smallest absolute Gasteiger partial charge is 0.249 e. The van der Waals surface area contributed by atoms with Crippen LogP contribution < -0.4 is 0 Å². The number of carbonyl (C=O) groups is 1. The molecular formula is C27H35N5O3. The number of aromatic hydroxyl groups is 1. The van der Waals surface area contributed by atoms with Gasteiger partial charge in [0.25, 0.3) is 0 Å². The lowest BCUT2D eigenvalue weighted by Gasteiger charge is -2.52. The molecule has 2 fully saturated rings. The van der Waals surface area contributed by atoms with Crippen LogP contribution in [0.5, 0.6) is 5.75 Å². The highest BCUT2D eigenvalue weighted by Gasteiger charge is 2.47. The van der Waals surface area contributed by atoms with Crippen LogP contribution in [0.15, 0.2) is 30.3 Å². The second-order valence-corrected chi connectivity index (χ2v) is 10.1. The van der Waals surface area contributed by atoms with E-state index in [1.165, 1.54) is 5.56 Å². The molecule has 35 heavy (non-hydrogen) atoms. The molecule has 2 N–H and O–H groups in total. The summed E-state index contributed by atoms with van der Waals surface area (Å²) in [5, 5.41) is 18.3. The van der Waals surface area contributed by atoms with Gasteiger partial charge in [-0.3, -0.25) is 14.8 Å². The lowest BCUT2D eigenvalue weighted by Crippen LogP contribution is -2.65. The third-order valence-corrected chi connectivity index (χ3v) is 7.73. The highest BCUT2D eigenvalue weighted by atomic mass is 16.5. The molecule has 0 bridgehead atoms. The molecule has 5 rings (SSSR count). The Labute approximate surface area is 206 Å². The molecule has 186 valence electrons. The van der Waals surface area contributed by atoms with Crippen LogP contribution >= 0.6 is 0 Å². The summed E-state index contributed by atoms with van der Waals surface area (Å²) in [7, 11) is 0. The molecule has 0 radical (unpaired) electrons. The molecule has 2 aliphatic rings. The molecule has 8 heteroatoms. The van der Waals surface area contributed by atoms with Crippen molar-refractivity contribution in [2.75, 3.05) is 26.3 Å². The molecule has 3 heterocycles. The van der Waals surface area contributed by atoms with E-state index in [-0.39, 0.29) is 29.8 Å². The van der Waals surface area contributed by atoms with Gasteiger partial charge in [-0.2, -0.15) is 5.10 Å². The van der Waals surface area contributed by atoms with Crippen LogP contribution in [0.2, 0.25) is 0 Å². The van der Waals surface area contributed by atoms with E-state index in [1.807, 2.05) is 26.0 Å². The van der Waals surface area contributed by atoms with Gasteiger partial charge in [-0.1, -0.05) is 12.8 Å². The molecule has 1 aliphatic heterocycles. The number of nitrogens with one attached hydrogen (secondary N) is 1. The number of carbonyl (C=O) groups excluding carboxylic acids is 1. The van der Waals surface area contributed by atoms with E-state index in [1.54, 1.807) is 12.1 Å². The SMILES string of the molecule is CCOCC(=O)N1CC(C)N(Cc2cc(-c3ccc(O)cc3)nc3[nH]nc(C)c23)CC12CCCC2. The first-order valence-electron chi connectivity index (χ1n) is 12.7. The fraction of sp³-hybridized carbons (Fsp3) is 0.519. The van der Waals surface area contributed by atoms with E-state index in [0.717, 1.165) is 73.3 Å². The normalized spacial score (nSPS) is 20.2. The number of aromatic nitrogens is 3. The molecule has 2 aromatic heterocycles. The second kappa shape index (κ2) is 9.59. The number of H-pyrrole nitrogens is 1. The summed E-state index contributed by atoms with van der Waals surface area (Å²) >= 11 is 0. The van der Waals surface area contributed by atoms with Crippen LogP contribution in [-0.2, 0) is 16.1 Å². The van der Waals surface area contributed by atoms with Crippen molar-refractivity contribution >= 4 is 16.9 Å². The number of benzene rings is 1. The van der Waals surface area contributed by atoms with Crippen molar-refractivity contribution in [3.63, 3.8) is 0 Å². The molecule has 3 aromatic rings. The van der Waals surface area contributed by atoms with E-state index in [9.17, 15) is 9.90 Å². The number of phenols is 1. The monoisotopic (exact) mass is 477 g/mol. The van der Waals surface area contributed by atoms with Gasteiger partial charge in [0, 0.05) is 43.2 Å². The molecule has 1 aliphatic carbocycles. The van der Waals surface area contributed by atoms with Gasteiger partial charge in [-0.15, -0.1) is 0 Å². The van der Waals surface area contributed by atoms with Gasteiger partial charge in [0.2, 0.25) is 5.91 Å². The number of ether oxygens (including phenoxy) is 1. The number of piperazine rings is 1. The van der Waals surface area contributed by atoms with Crippen molar-refractivity contribution < 1.29 is 14.6 Å². The summed E-state index contributed by atoms with van der Waals surface area (Å²) in [6.07, 6.45) is 4.41. The maximum atomic E-state index is 13.1. The first-order valence-corrected chi connectivity index (χ1v) is 12.7. The number of aryl methyl sites for hydroxylation is 1. The third-order valence-electron chi connectivity index (χ3n) is 7.73. The Bertz CT molecular complexity index is 1200. The van der Waals surface area contributed by atoms with Gasteiger partial charge in [-0.05, 0) is 69.5 Å². The minimum absolute atomic E-state index is 0.113. The third kappa shape index (κ3) is 4.52. The van der Waals surface area contributed by atoms with E-state index in [0.29, 0.717) is 6.61 Å². The van der Waals surface area contributed by atoms with Crippen LogP contribution in [0, 0.1) is 6.92 Å². The number of pyridine rings is 1. The standard InChI is InChI=1S/C27H35N5O3/c1-4-35-16-24(34)32-14-18(2)31(17-27(32)11-5-6-12-27)15-21-13-23(20-7-9-22(33)10-8-20)28-26-25(21)19(3)29-30-26/h7-10,13,18,33H,4-6,11-12,14-17H2,1-3H3,(H,28,29,30). The summed E-state index contributed by atoms with van der Waals surface area (Å²) in [6, 6.07) is 9.51. The predicted molar refractivity (Wildman–Crippen MR) is 135 cm³/mol. The maximum Gasteiger partial charge on any atom is 0.249 e. The Morgan fingerprint density at radius 3 is 2.71 bits per heavy atom. The number of phenolic OH excluding ortho intramolecular Hbond substituents is 1. The van der Waals surface area contributed by atoms with E-state index in [2.05, 4.69) is 33.0 Å². The molecule has 1 amide bonds. The Hall–Kier alpha value is -2.97. The summed E-state index contributed by atoms with van der Waals surface area (Å²) in [5.41, 5.74) is 4.58. The van der Waals surface area contributed by atoms with Gasteiger partial charge < -0.3 is 14.7 Å². The minimum Gasteiger partial charge on any atom is -0.508 e. The largest absolute Gasteiger partial charge is 0.508 e. The van der Waals surface area contributed by atoms with Crippen molar-refractivity contribution in [2.45, 2.75) is 64.6 Å². The average molecular weight is 478 g/mol. The van der Waals surface area contributed by atoms with Crippen LogP contribution in [-0.4, -0.2) is 73.9 Å². The topological polar surface area (TPSA) is 94.6 Å². The van der Waals surface area contributed by atoms with Gasteiger partial charge in [0.15, 0.2) is 5.65 Å². The van der Waals surface area contributed by atoms with Gasteiger partial charge >= 0.3 is 0 Å². The van der Waals surface area contributed by atoms with E-state index >= 15 is 0 Å². The molecule has 1 aromatic carbocycles. The zero-order chi connectivity index (χ0) is 24.6. The number of hydrogen-bond acceptors (Lipinski definition) is 6. The molecule has 1 unspecified atom stereocenters. The Morgan fingerprint density at radius 2 is 2.00 bits per heavy atom. The zero-order valence-corrected chi connectivity index (χ0v) is 20.9. The summed E-state index contributed by atoms with van der Waals surface area (Å²) < 4.78 is 5.49. The van der Waals surface area contributed by atoms with Gasteiger partial charge in [0.1, 0.15) is 12.4 Å². The van der Waals surface area contributed by atoms with Gasteiger partial charge in [-0.25, -0.2) is 4.98 Å². The number of nitrogens with zero attached hydrogens (tertiary/aromatic N) is 4. The fourth-order valence-electron chi connectivity index (χ4n) is 5.90. The fourth-order valence-corrected chi connectivity index (χ4v) is 5.90. The minimum atomic E-state index is -0.113. The van der Waals surface area contributed by atoms with E-state index in [4.69, 9.17) is 9.72 Å². The highest BCUT2D eigenvalue weighted by Crippen LogP contribution is 2.40. The van der Waals surface area contributed by atoms with Crippen molar-refractivity contribution in [1.82, 2.24) is 25.0 Å². The number of hydrogen-bond donors (Lipinski definition) is 2. The summed E-state index contributed by atoms with van der Waals surface area (Å²) in [5.74, 6) is 0.353. The average Bonchev–Trinajstić information content (AvgIpc) is 3.47. The number of fused-ring (bicyclic) bond motifs is 1. The first-order chi connectivity index (χ1) is 16.9. The molecular weight excluding hydrogens is 442 g/mol. The Morgan fingerprint density at radius 1 is 1.26 bits per heavy atom. The lowest BCUT2D eigenvalue weighted by atomic mass is 9.89. The Balaban J connectivity index is 1.47. The molecule has 8 nitrogen and oxygen atoms in total. The van der Waals surface area contributed by atoms with Crippen molar-refractivity contribution in [3.05, 3.63) is 41.6 Å². The number of aromatic amines is 1. The quantitative estimate of drug-likeness (QED) is 0.557. The van der Waals surface area contributed by atoms with Crippen LogP contribution in [0.25, 0.3) is 22.3 Å². The Kier molecular flexibility index (Phi) is 6.51. The molecule has 1 saturated heterocycles. The maximum absolute atomic E-state index is 13.1. The van der Waals surface area contributed by atoms with Crippen molar-refractivity contribution in [1.29, 1.82) is 0 Å². The zero-order valence-electron chi connectivity index (χ0n) is 20.9. The molecule has 1 spiro atoms. The molecule has 1 saturated carbocycles. The lowest BCUT2D eigenvalue weighted by molar-refractivity contribution is -0.149. The number of rotatable bonds is 6. The summed E-state index contributed by atoms with van der Waals surface area (Å²) in [4.78, 5) is 22.6. The highest BCUT2D eigenvalue weighted by molar-refractivity contribution is 5.84. The van der Waals surface area contributed by atoms with Crippen molar-refractivity contribution in [3.8, 4) is 17.0 Å². The first kappa shape index (κ1) is 23.8. The second-order valence-electron chi connectivity index (χ2n) is 10.1. The van der Waals surface area contributed by atoms with Crippen LogP contribution in [0.1, 0.15) is 50.8 Å². The van der Waals surface area contributed by atoms with E-state index < -0.39 is 0 Å². The molecule has 1 atom stereocenters. The van der Waals surface area contributed by atoms with Crippen molar-refractivity contribution in [2.24, 2.45) is 0 Å². The van der Waals surface area contributed by atoms with Crippen LogP contribution in [0.3, 0.4) is 0 Å².